The third-order valence-corrected chi connectivity index (χ3v) is 2.63. The van der Waals surface area contributed by atoms with E-state index in [0.29, 0.717) is 5.11 Å². The van der Waals surface area contributed by atoms with Gasteiger partial charge >= 0.3 is 0 Å². The molecule has 1 aliphatic carbocycles. The molecule has 0 unspecified atom stereocenters. The predicted molar refractivity (Wildman–Crippen MR) is 64.5 cm³/mol. The van der Waals surface area contributed by atoms with Crippen molar-refractivity contribution in [2.75, 3.05) is 6.54 Å². The first-order valence-corrected chi connectivity index (χ1v) is 5.72. The van der Waals surface area contributed by atoms with Crippen molar-refractivity contribution in [2.45, 2.75) is 39.5 Å². The molecule has 1 fully saturated rings. The van der Waals surface area contributed by atoms with Crippen LogP contribution in [0.25, 0.3) is 0 Å². The number of hydrazone groups is 1. The van der Waals surface area contributed by atoms with E-state index in [2.05, 4.69) is 22.8 Å². The summed E-state index contributed by atoms with van der Waals surface area (Å²) in [6.07, 6.45) is 4.82. The molecule has 0 aromatic carbocycles. The largest absolute Gasteiger partial charge is 0.362 e. The smallest absolute Gasteiger partial charge is 0.186 e. The molecule has 0 radical (unpaired) electrons. The number of hydrogen-bond acceptors (Lipinski definition) is 2. The molecular weight excluding hydrogens is 194 g/mol. The van der Waals surface area contributed by atoms with Crippen LogP contribution in [0.2, 0.25) is 0 Å². The number of rotatable bonds is 2. The van der Waals surface area contributed by atoms with Crippen molar-refractivity contribution < 1.29 is 0 Å². The van der Waals surface area contributed by atoms with Gasteiger partial charge in [0.05, 0.1) is 0 Å². The SMILES string of the molecule is CCNC(=S)N/N=C1/CCC[C@H](C)C1. The van der Waals surface area contributed by atoms with Gasteiger partial charge in [-0.05, 0) is 50.7 Å². The van der Waals surface area contributed by atoms with Crippen molar-refractivity contribution in [1.29, 1.82) is 0 Å². The molecule has 0 aromatic heterocycles. The fourth-order valence-corrected chi connectivity index (χ4v) is 1.88. The fraction of sp³-hybridized carbons (Fsp3) is 0.800. The molecule has 0 aromatic rings. The van der Waals surface area contributed by atoms with E-state index in [1.54, 1.807) is 0 Å². The van der Waals surface area contributed by atoms with Crippen molar-refractivity contribution in [2.24, 2.45) is 11.0 Å². The van der Waals surface area contributed by atoms with Crippen molar-refractivity contribution >= 4 is 23.0 Å². The average molecular weight is 213 g/mol. The Morgan fingerprint density at radius 1 is 1.64 bits per heavy atom. The Morgan fingerprint density at radius 3 is 3.07 bits per heavy atom. The molecule has 0 spiro atoms. The minimum Gasteiger partial charge on any atom is -0.362 e. The number of nitrogens with zero attached hydrogens (tertiary/aromatic N) is 1. The quantitative estimate of drug-likeness (QED) is 0.544. The van der Waals surface area contributed by atoms with Gasteiger partial charge in [0.15, 0.2) is 5.11 Å². The minimum absolute atomic E-state index is 0.623. The van der Waals surface area contributed by atoms with Gasteiger partial charge in [-0.25, -0.2) is 0 Å². The highest BCUT2D eigenvalue weighted by Gasteiger charge is 2.13. The summed E-state index contributed by atoms with van der Waals surface area (Å²) in [5, 5.41) is 7.95. The van der Waals surface area contributed by atoms with Gasteiger partial charge < -0.3 is 5.32 Å². The highest BCUT2D eigenvalue weighted by atomic mass is 32.1. The molecule has 2 N–H and O–H groups in total. The monoisotopic (exact) mass is 213 g/mol. The maximum Gasteiger partial charge on any atom is 0.186 e. The summed E-state index contributed by atoms with van der Waals surface area (Å²) >= 11 is 5.02. The van der Waals surface area contributed by atoms with Gasteiger partial charge in [0.25, 0.3) is 0 Å². The summed E-state index contributed by atoms with van der Waals surface area (Å²) in [7, 11) is 0. The van der Waals surface area contributed by atoms with E-state index in [-0.39, 0.29) is 0 Å². The van der Waals surface area contributed by atoms with Crippen LogP contribution in [0.1, 0.15) is 39.5 Å². The molecule has 1 aliphatic rings. The lowest BCUT2D eigenvalue weighted by Crippen LogP contribution is -2.32. The molecule has 1 atom stereocenters. The summed E-state index contributed by atoms with van der Waals surface area (Å²) < 4.78 is 0. The Labute approximate surface area is 91.3 Å². The molecule has 3 nitrogen and oxygen atoms in total. The lowest BCUT2D eigenvalue weighted by atomic mass is 9.89. The fourth-order valence-electron chi connectivity index (χ4n) is 1.69. The van der Waals surface area contributed by atoms with Crippen LogP contribution in [0.15, 0.2) is 5.10 Å². The first-order valence-electron chi connectivity index (χ1n) is 5.31. The van der Waals surface area contributed by atoms with E-state index < -0.39 is 0 Å². The summed E-state index contributed by atoms with van der Waals surface area (Å²) in [4.78, 5) is 0. The van der Waals surface area contributed by atoms with Crippen molar-refractivity contribution in [3.8, 4) is 0 Å². The standard InChI is InChI=1S/C10H19N3S/c1-3-11-10(14)13-12-9-6-4-5-8(2)7-9/h8H,3-7H2,1-2H3,(H2,11,13,14)/b12-9-/t8-/m0/s1. The lowest BCUT2D eigenvalue weighted by molar-refractivity contribution is 0.498. The molecule has 0 bridgehead atoms. The summed E-state index contributed by atoms with van der Waals surface area (Å²) in [6.45, 7) is 5.13. The molecule has 4 heteroatoms. The van der Waals surface area contributed by atoms with Gasteiger partial charge in [-0.3, -0.25) is 5.43 Å². The molecule has 14 heavy (non-hydrogen) atoms. The highest BCUT2D eigenvalue weighted by Crippen LogP contribution is 2.20. The number of nitrogens with one attached hydrogen (secondary N) is 2. The van der Waals surface area contributed by atoms with Crippen LogP contribution in [-0.2, 0) is 0 Å². The van der Waals surface area contributed by atoms with E-state index in [9.17, 15) is 0 Å². The maximum atomic E-state index is 5.02. The van der Waals surface area contributed by atoms with Crippen molar-refractivity contribution in [3.05, 3.63) is 0 Å². The van der Waals surface area contributed by atoms with Crippen molar-refractivity contribution in [1.82, 2.24) is 10.7 Å². The number of hydrogen-bond donors (Lipinski definition) is 2. The van der Waals surface area contributed by atoms with Gasteiger partial charge in [-0.1, -0.05) is 6.92 Å². The molecular formula is C10H19N3S. The summed E-state index contributed by atoms with van der Waals surface area (Å²) in [5.74, 6) is 0.775. The Kier molecular flexibility index (Phi) is 4.87. The second-order valence-corrected chi connectivity index (χ2v) is 4.26. The molecule has 0 aliphatic heterocycles. The van der Waals surface area contributed by atoms with Crippen molar-refractivity contribution in [3.63, 3.8) is 0 Å². The summed E-state index contributed by atoms with van der Waals surface area (Å²) in [6, 6.07) is 0. The first-order chi connectivity index (χ1) is 6.72. The van der Waals surface area contributed by atoms with Gasteiger partial charge in [-0.2, -0.15) is 5.10 Å². The normalized spacial score (nSPS) is 24.7. The van der Waals surface area contributed by atoms with E-state index in [1.165, 1.54) is 18.6 Å². The zero-order valence-electron chi connectivity index (χ0n) is 8.97. The zero-order chi connectivity index (χ0) is 10.4. The molecule has 0 saturated heterocycles. The second-order valence-electron chi connectivity index (χ2n) is 3.85. The molecule has 0 heterocycles. The van der Waals surface area contributed by atoms with Crippen LogP contribution in [0.4, 0.5) is 0 Å². The lowest BCUT2D eigenvalue weighted by Gasteiger charge is -2.19. The minimum atomic E-state index is 0.623. The Balaban J connectivity index is 2.32. The van der Waals surface area contributed by atoms with Crippen LogP contribution >= 0.6 is 12.2 Å². The first kappa shape index (κ1) is 11.4. The van der Waals surface area contributed by atoms with Crippen LogP contribution in [0, 0.1) is 5.92 Å². The van der Waals surface area contributed by atoms with Crippen LogP contribution in [0.3, 0.4) is 0 Å². The highest BCUT2D eigenvalue weighted by molar-refractivity contribution is 7.80. The van der Waals surface area contributed by atoms with Gasteiger partial charge in [0.1, 0.15) is 0 Å². The van der Waals surface area contributed by atoms with E-state index in [4.69, 9.17) is 12.2 Å². The Bertz CT molecular complexity index is 225. The third kappa shape index (κ3) is 4.05. The van der Waals surface area contributed by atoms with Gasteiger partial charge in [0.2, 0.25) is 0 Å². The molecule has 1 rings (SSSR count). The van der Waals surface area contributed by atoms with Gasteiger partial charge in [-0.15, -0.1) is 0 Å². The van der Waals surface area contributed by atoms with Crippen LogP contribution in [-0.4, -0.2) is 17.4 Å². The average Bonchev–Trinajstić information content (AvgIpc) is 2.15. The summed E-state index contributed by atoms with van der Waals surface area (Å²) in [5.41, 5.74) is 4.14. The maximum absolute atomic E-state index is 5.02. The van der Waals surface area contributed by atoms with E-state index in [1.807, 2.05) is 6.92 Å². The second kappa shape index (κ2) is 5.96. The van der Waals surface area contributed by atoms with E-state index in [0.717, 1.165) is 25.3 Å². The number of thiocarbonyl (C=S) groups is 1. The Morgan fingerprint density at radius 2 is 2.43 bits per heavy atom. The predicted octanol–water partition coefficient (Wildman–Crippen LogP) is 2.04. The zero-order valence-corrected chi connectivity index (χ0v) is 9.78. The molecule has 0 amide bonds. The van der Waals surface area contributed by atoms with Crippen LogP contribution in [0.5, 0.6) is 0 Å². The van der Waals surface area contributed by atoms with Gasteiger partial charge in [0, 0.05) is 12.3 Å². The molecule has 80 valence electrons. The van der Waals surface area contributed by atoms with Crippen LogP contribution < -0.4 is 10.7 Å². The molecule has 1 saturated carbocycles. The topological polar surface area (TPSA) is 36.4 Å². The van der Waals surface area contributed by atoms with E-state index >= 15 is 0 Å². The third-order valence-electron chi connectivity index (χ3n) is 2.40. The Hall–Kier alpha value is -0.640.